The van der Waals surface area contributed by atoms with E-state index in [1.54, 1.807) is 30.8 Å². The van der Waals surface area contributed by atoms with E-state index in [0.717, 1.165) is 56.9 Å². The van der Waals surface area contributed by atoms with Crippen molar-refractivity contribution >= 4 is 16.5 Å². The Morgan fingerprint density at radius 2 is 1.77 bits per heavy atom. The van der Waals surface area contributed by atoms with Gasteiger partial charge in [0.2, 0.25) is 0 Å². The molecular formula is C23H24N6OS. The number of methoxy groups -OCH3 is 1. The van der Waals surface area contributed by atoms with Gasteiger partial charge in [-0.3, -0.25) is 4.98 Å². The lowest BCUT2D eigenvalue weighted by Crippen LogP contribution is -1.99. The molecule has 8 heteroatoms. The highest BCUT2D eigenvalue weighted by Gasteiger charge is 2.16. The first-order chi connectivity index (χ1) is 15.1. The summed E-state index contributed by atoms with van der Waals surface area (Å²) in [6.45, 7) is 6.96. The van der Waals surface area contributed by atoms with Crippen molar-refractivity contribution < 1.29 is 4.74 Å². The molecule has 1 aromatic carbocycles. The molecule has 0 bridgehead atoms. The number of anilines is 1. The van der Waals surface area contributed by atoms with Crippen LogP contribution >= 0.6 is 11.3 Å². The minimum Gasteiger partial charge on any atom is -0.496 e. The van der Waals surface area contributed by atoms with Crippen LogP contribution in [0.25, 0.3) is 33.3 Å². The van der Waals surface area contributed by atoms with Gasteiger partial charge in [0.15, 0.2) is 11.0 Å². The van der Waals surface area contributed by atoms with Crippen molar-refractivity contribution in [2.75, 3.05) is 19.0 Å². The van der Waals surface area contributed by atoms with Crippen molar-refractivity contribution in [1.29, 1.82) is 0 Å². The van der Waals surface area contributed by atoms with Crippen molar-refractivity contribution in [3.05, 3.63) is 54.1 Å². The van der Waals surface area contributed by atoms with Crippen molar-refractivity contribution in [2.45, 2.75) is 27.2 Å². The Kier molecular flexibility index (Phi) is 6.18. The minimum atomic E-state index is 0.514. The molecule has 1 N–H and O–H groups in total. The number of nitrogens with one attached hydrogen (secondary N) is 1. The van der Waals surface area contributed by atoms with E-state index in [2.05, 4.69) is 33.3 Å². The Labute approximate surface area is 185 Å². The molecule has 0 fully saturated rings. The summed E-state index contributed by atoms with van der Waals surface area (Å²) in [7, 11) is 1.66. The van der Waals surface area contributed by atoms with Gasteiger partial charge in [0.1, 0.15) is 11.4 Å². The molecule has 0 amide bonds. The van der Waals surface area contributed by atoms with Gasteiger partial charge in [-0.25, -0.2) is 19.9 Å². The summed E-state index contributed by atoms with van der Waals surface area (Å²) >= 11 is 1.57. The zero-order chi connectivity index (χ0) is 21.8. The van der Waals surface area contributed by atoms with E-state index in [-0.39, 0.29) is 0 Å². The van der Waals surface area contributed by atoms with E-state index in [1.807, 2.05) is 38.2 Å². The molecule has 0 saturated heterocycles. The Hall–Kier alpha value is -3.39. The lowest BCUT2D eigenvalue weighted by molar-refractivity contribution is 0.416. The molecule has 0 aliphatic rings. The molecular weight excluding hydrogens is 408 g/mol. The summed E-state index contributed by atoms with van der Waals surface area (Å²) in [6.07, 6.45) is 6.30. The van der Waals surface area contributed by atoms with Gasteiger partial charge in [-0.05, 0) is 38.5 Å². The number of aryl methyl sites for hydroxylation is 2. The van der Waals surface area contributed by atoms with Gasteiger partial charge >= 0.3 is 0 Å². The molecule has 0 unspecified atom stereocenters. The first-order valence-electron chi connectivity index (χ1n) is 10.1. The van der Waals surface area contributed by atoms with Crippen LogP contribution in [0.15, 0.2) is 42.9 Å². The second-order valence-corrected chi connectivity index (χ2v) is 8.20. The number of ether oxygens (including phenoxy) is 1. The van der Waals surface area contributed by atoms with E-state index < -0.39 is 0 Å². The molecule has 0 radical (unpaired) electrons. The predicted octanol–water partition coefficient (Wildman–Crippen LogP) is 5.17. The summed E-state index contributed by atoms with van der Waals surface area (Å²) in [5, 5.41) is 4.21. The predicted molar refractivity (Wildman–Crippen MR) is 124 cm³/mol. The van der Waals surface area contributed by atoms with Gasteiger partial charge in [-0.2, -0.15) is 0 Å². The van der Waals surface area contributed by atoms with Crippen molar-refractivity contribution in [3.63, 3.8) is 0 Å². The summed E-state index contributed by atoms with van der Waals surface area (Å²) < 4.78 is 5.60. The second kappa shape index (κ2) is 9.18. The molecule has 0 aliphatic carbocycles. The molecule has 0 saturated carbocycles. The summed E-state index contributed by atoms with van der Waals surface area (Å²) in [6, 6.07) is 8.01. The molecule has 158 valence electrons. The summed E-state index contributed by atoms with van der Waals surface area (Å²) in [5.74, 6) is 1.27. The highest BCUT2D eigenvalue weighted by atomic mass is 32.1. The van der Waals surface area contributed by atoms with Crippen molar-refractivity contribution in [1.82, 2.24) is 24.9 Å². The van der Waals surface area contributed by atoms with Crippen LogP contribution < -0.4 is 10.1 Å². The average molecular weight is 433 g/mol. The van der Waals surface area contributed by atoms with Gasteiger partial charge in [0, 0.05) is 24.5 Å². The largest absolute Gasteiger partial charge is 0.496 e. The number of aromatic nitrogens is 5. The molecule has 0 aliphatic heterocycles. The number of hydrogen-bond donors (Lipinski definition) is 1. The molecule has 0 atom stereocenters. The normalized spacial score (nSPS) is 10.8. The van der Waals surface area contributed by atoms with E-state index in [9.17, 15) is 0 Å². The Morgan fingerprint density at radius 1 is 0.935 bits per heavy atom. The smallest absolute Gasteiger partial charge is 0.183 e. The molecule has 3 heterocycles. The zero-order valence-corrected chi connectivity index (χ0v) is 18.8. The molecule has 4 rings (SSSR count). The Balaban J connectivity index is 1.86. The van der Waals surface area contributed by atoms with Gasteiger partial charge in [0.05, 0.1) is 35.3 Å². The fourth-order valence-corrected chi connectivity index (χ4v) is 3.86. The SMILES string of the molecule is CCCNc1ncc(-c2cc(-c3cc(C)ccc3OC)nc(-c3cnc(C)cn3)n2)s1. The standard InChI is InChI=1S/C23H24N6OS/c1-5-8-24-23-27-13-21(31-23)18-10-17(16-9-14(2)6-7-20(16)30-4)28-22(29-18)19-12-25-15(3)11-26-19/h6-7,9-13H,5,8H2,1-4H3,(H,24,27). The summed E-state index contributed by atoms with van der Waals surface area (Å²) in [4.78, 5) is 23.9. The molecule has 4 aromatic rings. The third kappa shape index (κ3) is 4.69. The maximum absolute atomic E-state index is 5.60. The van der Waals surface area contributed by atoms with Crippen molar-refractivity contribution in [3.8, 4) is 39.1 Å². The first kappa shape index (κ1) is 20.9. The van der Waals surface area contributed by atoms with Gasteiger partial charge in [-0.1, -0.05) is 29.9 Å². The lowest BCUT2D eigenvalue weighted by atomic mass is 10.1. The molecule has 0 spiro atoms. The monoisotopic (exact) mass is 432 g/mol. The quantitative estimate of drug-likeness (QED) is 0.431. The number of rotatable bonds is 7. The van der Waals surface area contributed by atoms with Crippen molar-refractivity contribution in [2.24, 2.45) is 0 Å². The number of hydrogen-bond acceptors (Lipinski definition) is 8. The minimum absolute atomic E-state index is 0.514. The van der Waals surface area contributed by atoms with E-state index in [4.69, 9.17) is 14.7 Å². The van der Waals surface area contributed by atoms with Crippen LogP contribution in [-0.4, -0.2) is 38.6 Å². The van der Waals surface area contributed by atoms with Gasteiger partial charge < -0.3 is 10.1 Å². The second-order valence-electron chi connectivity index (χ2n) is 7.17. The van der Waals surface area contributed by atoms with Crippen LogP contribution in [0, 0.1) is 13.8 Å². The maximum Gasteiger partial charge on any atom is 0.183 e. The van der Waals surface area contributed by atoms with E-state index >= 15 is 0 Å². The maximum atomic E-state index is 5.60. The highest BCUT2D eigenvalue weighted by Crippen LogP contribution is 2.35. The van der Waals surface area contributed by atoms with Crippen LogP contribution in [0.4, 0.5) is 5.13 Å². The van der Waals surface area contributed by atoms with Crippen LogP contribution in [0.5, 0.6) is 5.75 Å². The number of benzene rings is 1. The number of thiazole rings is 1. The lowest BCUT2D eigenvalue weighted by Gasteiger charge is -2.11. The van der Waals surface area contributed by atoms with Gasteiger partial charge in [-0.15, -0.1) is 0 Å². The van der Waals surface area contributed by atoms with E-state index in [1.165, 1.54) is 0 Å². The fraction of sp³-hybridized carbons (Fsp3) is 0.261. The highest BCUT2D eigenvalue weighted by molar-refractivity contribution is 7.18. The van der Waals surface area contributed by atoms with Crippen LogP contribution in [-0.2, 0) is 0 Å². The van der Waals surface area contributed by atoms with E-state index in [0.29, 0.717) is 11.5 Å². The molecule has 31 heavy (non-hydrogen) atoms. The Morgan fingerprint density at radius 3 is 2.52 bits per heavy atom. The topological polar surface area (TPSA) is 85.7 Å². The average Bonchev–Trinajstić information content (AvgIpc) is 3.27. The third-order valence-electron chi connectivity index (χ3n) is 4.65. The third-order valence-corrected chi connectivity index (χ3v) is 5.63. The molecule has 7 nitrogen and oxygen atoms in total. The first-order valence-corrected chi connectivity index (χ1v) is 10.9. The van der Waals surface area contributed by atoms with Crippen LogP contribution in [0.1, 0.15) is 24.6 Å². The summed E-state index contributed by atoms with van der Waals surface area (Å²) in [5.41, 5.74) is 5.04. The molecule has 3 aromatic heterocycles. The number of nitrogens with zero attached hydrogens (tertiary/aromatic N) is 5. The fourth-order valence-electron chi connectivity index (χ4n) is 3.06. The van der Waals surface area contributed by atoms with Crippen LogP contribution in [0.2, 0.25) is 0 Å². The zero-order valence-electron chi connectivity index (χ0n) is 18.0. The Bertz CT molecular complexity index is 1190. The van der Waals surface area contributed by atoms with Gasteiger partial charge in [0.25, 0.3) is 0 Å². The van der Waals surface area contributed by atoms with Crippen LogP contribution in [0.3, 0.4) is 0 Å².